The molecule has 0 spiro atoms. The largest absolute Gasteiger partial charge is 0.497 e. The number of fused-ring (bicyclic) bond motifs is 1. The van der Waals surface area contributed by atoms with Crippen LogP contribution in [0.15, 0.2) is 48.5 Å². The number of piperazine rings is 1. The van der Waals surface area contributed by atoms with Crippen LogP contribution in [0.3, 0.4) is 0 Å². The summed E-state index contributed by atoms with van der Waals surface area (Å²) in [5.41, 5.74) is 4.61. The maximum absolute atomic E-state index is 13.0. The fourth-order valence-corrected chi connectivity index (χ4v) is 4.17. The molecule has 2 amide bonds. The van der Waals surface area contributed by atoms with Crippen molar-refractivity contribution in [3.05, 3.63) is 70.9 Å². The first-order valence-electron chi connectivity index (χ1n) is 10.5. The number of aryl methyl sites for hydroxylation is 2. The van der Waals surface area contributed by atoms with Crippen molar-refractivity contribution in [3.63, 3.8) is 0 Å². The Kier molecular flexibility index (Phi) is 5.89. The summed E-state index contributed by atoms with van der Waals surface area (Å²) in [6.45, 7) is 6.17. The van der Waals surface area contributed by atoms with E-state index in [1.165, 1.54) is 0 Å². The number of nitrogens with zero attached hydrogens (tertiary/aromatic N) is 3. The van der Waals surface area contributed by atoms with Crippen molar-refractivity contribution in [3.8, 4) is 5.75 Å². The highest BCUT2D eigenvalue weighted by molar-refractivity contribution is 5.94. The Hall–Kier alpha value is -3.41. The zero-order valence-corrected chi connectivity index (χ0v) is 18.2. The molecule has 2 aromatic carbocycles. The summed E-state index contributed by atoms with van der Waals surface area (Å²) in [7, 11) is 1.60. The summed E-state index contributed by atoms with van der Waals surface area (Å²) < 4.78 is 5.15. The summed E-state index contributed by atoms with van der Waals surface area (Å²) >= 11 is 0. The standard InChI is InChI=1S/C25H27N3O3/c1-17-21-6-4-5-7-23(21)26-18(2)22(17)16-24(29)27-12-14-28(15-13-27)25(30)19-8-10-20(31-3)11-9-19/h4-11H,12-16H2,1-3H3. The summed E-state index contributed by atoms with van der Waals surface area (Å²) in [6, 6.07) is 15.1. The van der Waals surface area contributed by atoms with E-state index in [-0.39, 0.29) is 11.8 Å². The lowest BCUT2D eigenvalue weighted by molar-refractivity contribution is -0.131. The molecule has 1 saturated heterocycles. The number of para-hydroxylation sites is 1. The third-order valence-electron chi connectivity index (χ3n) is 6.07. The lowest BCUT2D eigenvalue weighted by atomic mass is 9.99. The minimum atomic E-state index is -0.0137. The molecule has 0 N–H and O–H groups in total. The summed E-state index contributed by atoms with van der Waals surface area (Å²) in [5, 5.41) is 1.09. The second kappa shape index (κ2) is 8.76. The Labute approximate surface area is 182 Å². The van der Waals surface area contributed by atoms with E-state index in [9.17, 15) is 9.59 Å². The number of benzene rings is 2. The molecule has 0 atom stereocenters. The number of carbonyl (C=O) groups excluding carboxylic acids is 2. The van der Waals surface area contributed by atoms with E-state index in [1.54, 1.807) is 36.3 Å². The molecule has 3 aromatic rings. The predicted octanol–water partition coefficient (Wildman–Crippen LogP) is 3.39. The first kappa shape index (κ1) is 20.8. The zero-order valence-electron chi connectivity index (χ0n) is 18.2. The summed E-state index contributed by atoms with van der Waals surface area (Å²) in [4.78, 5) is 34.1. The highest BCUT2D eigenvalue weighted by Crippen LogP contribution is 2.23. The van der Waals surface area contributed by atoms with Crippen molar-refractivity contribution in [2.24, 2.45) is 0 Å². The zero-order chi connectivity index (χ0) is 22.0. The van der Waals surface area contributed by atoms with E-state index in [2.05, 4.69) is 18.0 Å². The van der Waals surface area contributed by atoms with Gasteiger partial charge in [0.25, 0.3) is 5.91 Å². The van der Waals surface area contributed by atoms with Gasteiger partial charge in [0.15, 0.2) is 0 Å². The Balaban J connectivity index is 1.40. The first-order chi connectivity index (χ1) is 15.0. The number of aromatic nitrogens is 1. The van der Waals surface area contributed by atoms with Crippen molar-refractivity contribution in [1.29, 1.82) is 0 Å². The van der Waals surface area contributed by atoms with Gasteiger partial charge in [0.05, 0.1) is 19.0 Å². The number of pyridine rings is 1. The molecule has 1 fully saturated rings. The molecule has 4 rings (SSSR count). The second-order valence-corrected chi connectivity index (χ2v) is 7.90. The fraction of sp³-hybridized carbons (Fsp3) is 0.320. The van der Waals surface area contributed by atoms with Crippen molar-refractivity contribution in [2.45, 2.75) is 20.3 Å². The molecule has 6 heteroatoms. The smallest absolute Gasteiger partial charge is 0.253 e. The van der Waals surface area contributed by atoms with Crippen molar-refractivity contribution < 1.29 is 14.3 Å². The van der Waals surface area contributed by atoms with Crippen LogP contribution >= 0.6 is 0 Å². The molecule has 31 heavy (non-hydrogen) atoms. The van der Waals surface area contributed by atoms with E-state index in [0.29, 0.717) is 38.2 Å². The van der Waals surface area contributed by atoms with Crippen LogP contribution in [0.25, 0.3) is 10.9 Å². The maximum Gasteiger partial charge on any atom is 0.253 e. The van der Waals surface area contributed by atoms with Crippen LogP contribution in [0.5, 0.6) is 5.75 Å². The van der Waals surface area contributed by atoms with Gasteiger partial charge in [0.1, 0.15) is 5.75 Å². The second-order valence-electron chi connectivity index (χ2n) is 7.90. The average molecular weight is 418 g/mol. The summed E-state index contributed by atoms with van der Waals surface area (Å²) in [6.07, 6.45) is 0.335. The van der Waals surface area contributed by atoms with Gasteiger partial charge in [-0.25, -0.2) is 0 Å². The molecule has 0 radical (unpaired) electrons. The molecule has 6 nitrogen and oxygen atoms in total. The first-order valence-corrected chi connectivity index (χ1v) is 10.5. The number of amides is 2. The van der Waals surface area contributed by atoms with Gasteiger partial charge in [-0.2, -0.15) is 0 Å². The van der Waals surface area contributed by atoms with Crippen LogP contribution in [0.1, 0.15) is 27.2 Å². The van der Waals surface area contributed by atoms with Crippen LogP contribution in [-0.2, 0) is 11.2 Å². The molecule has 160 valence electrons. The molecule has 2 heterocycles. The van der Waals surface area contributed by atoms with Crippen LogP contribution in [0.4, 0.5) is 0 Å². The number of ether oxygens (including phenoxy) is 1. The van der Waals surface area contributed by atoms with Crippen LogP contribution in [0.2, 0.25) is 0 Å². The minimum absolute atomic E-state index is 0.0137. The molecule has 0 aliphatic carbocycles. The van der Waals surface area contributed by atoms with Crippen molar-refractivity contribution >= 4 is 22.7 Å². The topological polar surface area (TPSA) is 62.7 Å². The Morgan fingerprint density at radius 1 is 0.935 bits per heavy atom. The molecule has 1 aliphatic heterocycles. The number of methoxy groups -OCH3 is 1. The summed E-state index contributed by atoms with van der Waals surface area (Å²) in [5.74, 6) is 0.792. The lowest BCUT2D eigenvalue weighted by Gasteiger charge is -2.35. The quantitative estimate of drug-likeness (QED) is 0.653. The fourth-order valence-electron chi connectivity index (χ4n) is 4.17. The number of hydrogen-bond donors (Lipinski definition) is 0. The van der Waals surface area contributed by atoms with Gasteiger partial charge in [0.2, 0.25) is 5.91 Å². The van der Waals surface area contributed by atoms with Crippen molar-refractivity contribution in [1.82, 2.24) is 14.8 Å². The van der Waals surface area contributed by atoms with Gasteiger partial charge in [0, 0.05) is 42.8 Å². The highest BCUT2D eigenvalue weighted by Gasteiger charge is 2.26. The molecule has 0 unspecified atom stereocenters. The maximum atomic E-state index is 13.0. The van der Waals surface area contributed by atoms with Crippen LogP contribution < -0.4 is 4.74 Å². The normalized spacial score (nSPS) is 14.0. The van der Waals surface area contributed by atoms with Gasteiger partial charge in [-0.15, -0.1) is 0 Å². The van der Waals surface area contributed by atoms with Gasteiger partial charge in [-0.05, 0) is 55.3 Å². The number of hydrogen-bond acceptors (Lipinski definition) is 4. The average Bonchev–Trinajstić information content (AvgIpc) is 2.81. The van der Waals surface area contributed by atoms with E-state index >= 15 is 0 Å². The highest BCUT2D eigenvalue weighted by atomic mass is 16.5. The van der Waals surface area contributed by atoms with Gasteiger partial charge in [-0.3, -0.25) is 14.6 Å². The van der Waals surface area contributed by atoms with E-state index in [1.807, 2.05) is 30.0 Å². The number of rotatable bonds is 4. The number of carbonyl (C=O) groups is 2. The van der Waals surface area contributed by atoms with Gasteiger partial charge < -0.3 is 14.5 Å². The Bertz CT molecular complexity index is 1120. The van der Waals surface area contributed by atoms with E-state index in [4.69, 9.17) is 4.74 Å². The molecule has 1 aromatic heterocycles. The minimum Gasteiger partial charge on any atom is -0.497 e. The SMILES string of the molecule is COc1ccc(C(=O)N2CCN(C(=O)Cc3c(C)nc4ccccc4c3C)CC2)cc1. The third kappa shape index (κ3) is 4.24. The molecule has 0 bridgehead atoms. The van der Waals surface area contributed by atoms with Crippen LogP contribution in [-0.4, -0.2) is 59.9 Å². The molecule has 1 aliphatic rings. The van der Waals surface area contributed by atoms with Crippen LogP contribution in [0, 0.1) is 13.8 Å². The molecular formula is C25H27N3O3. The van der Waals surface area contributed by atoms with Gasteiger partial charge >= 0.3 is 0 Å². The Morgan fingerprint density at radius 2 is 1.58 bits per heavy atom. The van der Waals surface area contributed by atoms with E-state index < -0.39 is 0 Å². The third-order valence-corrected chi connectivity index (χ3v) is 6.07. The monoisotopic (exact) mass is 417 g/mol. The molecule has 0 saturated carbocycles. The Morgan fingerprint density at radius 3 is 2.26 bits per heavy atom. The lowest BCUT2D eigenvalue weighted by Crippen LogP contribution is -2.51. The predicted molar refractivity (Wildman–Crippen MR) is 120 cm³/mol. The van der Waals surface area contributed by atoms with Crippen molar-refractivity contribution in [2.75, 3.05) is 33.3 Å². The van der Waals surface area contributed by atoms with Gasteiger partial charge in [-0.1, -0.05) is 18.2 Å². The van der Waals surface area contributed by atoms with E-state index in [0.717, 1.165) is 33.5 Å². The molecular weight excluding hydrogens is 390 g/mol.